The van der Waals surface area contributed by atoms with Gasteiger partial charge in [-0.3, -0.25) is 0 Å². The Morgan fingerprint density at radius 3 is 1.90 bits per heavy atom. The fourth-order valence-electron chi connectivity index (χ4n) is 4.13. The molecule has 3 aromatic carbocycles. The van der Waals surface area contributed by atoms with Crippen molar-refractivity contribution in [3.8, 4) is 0 Å². The van der Waals surface area contributed by atoms with Crippen molar-refractivity contribution < 1.29 is 4.39 Å². The van der Waals surface area contributed by atoms with E-state index >= 15 is 0 Å². The van der Waals surface area contributed by atoms with Crippen LogP contribution in [0.1, 0.15) is 36.0 Å². The van der Waals surface area contributed by atoms with E-state index in [1.54, 1.807) is 5.57 Å². The van der Waals surface area contributed by atoms with Gasteiger partial charge in [0.1, 0.15) is 5.82 Å². The highest BCUT2D eigenvalue weighted by Gasteiger charge is 2.18. The van der Waals surface area contributed by atoms with Gasteiger partial charge >= 0.3 is 0 Å². The minimum atomic E-state index is -0.185. The van der Waals surface area contributed by atoms with E-state index in [1.807, 2.05) is 12.1 Å². The summed E-state index contributed by atoms with van der Waals surface area (Å²) in [6.07, 6.45) is 7.51. The number of likely N-dealkylation sites (tertiary alicyclic amines) is 1. The Hall–Kier alpha value is -2.97. The number of hydrogen-bond donors (Lipinski definition) is 0. The Bertz CT molecular complexity index is 936. The lowest BCUT2D eigenvalue weighted by molar-refractivity contribution is 0.262. The molecule has 1 saturated heterocycles. The maximum atomic E-state index is 13.0. The zero-order chi connectivity index (χ0) is 20.6. The van der Waals surface area contributed by atoms with Gasteiger partial charge in [-0.1, -0.05) is 90.5 Å². The van der Waals surface area contributed by atoms with Crippen LogP contribution < -0.4 is 0 Å². The summed E-state index contributed by atoms with van der Waals surface area (Å²) < 4.78 is 13.0. The van der Waals surface area contributed by atoms with Crippen LogP contribution in [-0.2, 0) is 0 Å². The molecule has 4 rings (SSSR count). The van der Waals surface area contributed by atoms with Crippen LogP contribution in [0.3, 0.4) is 0 Å². The summed E-state index contributed by atoms with van der Waals surface area (Å²) in [4.78, 5) is 2.55. The van der Waals surface area contributed by atoms with Gasteiger partial charge < -0.3 is 4.90 Å². The van der Waals surface area contributed by atoms with Gasteiger partial charge in [-0.2, -0.15) is 0 Å². The van der Waals surface area contributed by atoms with Gasteiger partial charge in [-0.05, 0) is 53.7 Å². The van der Waals surface area contributed by atoms with Gasteiger partial charge in [0.25, 0.3) is 0 Å². The number of nitrogens with zero attached hydrogens (tertiary/aromatic N) is 1. The molecule has 2 heteroatoms. The molecule has 3 aromatic rings. The molecule has 1 aliphatic heterocycles. The first-order chi connectivity index (χ1) is 14.8. The third kappa shape index (κ3) is 5.34. The number of hydrogen-bond acceptors (Lipinski definition) is 1. The first kappa shape index (κ1) is 20.3. The van der Waals surface area contributed by atoms with Crippen molar-refractivity contribution in [1.82, 2.24) is 4.90 Å². The standard InChI is InChI=1S/C28H28FN/c29-27-16-14-23(15-17-27)9-7-8-20-30-21-18-26(19-22-30)28(24-10-3-1-4-11-24)25-12-5-2-6-13-25/h1-7,9-17H,8,18-22H2/b9-7+. The molecule has 0 unspecified atom stereocenters. The zero-order valence-corrected chi connectivity index (χ0v) is 17.3. The largest absolute Gasteiger partial charge is 0.302 e. The molecule has 0 N–H and O–H groups in total. The normalized spacial score (nSPS) is 14.9. The topological polar surface area (TPSA) is 3.24 Å². The summed E-state index contributed by atoms with van der Waals surface area (Å²) in [6.45, 7) is 3.27. The molecular weight excluding hydrogens is 369 g/mol. The summed E-state index contributed by atoms with van der Waals surface area (Å²) in [6, 6.07) is 28.2. The lowest BCUT2D eigenvalue weighted by Crippen LogP contribution is -2.31. The fraction of sp³-hybridized carbons (Fsp3) is 0.214. The van der Waals surface area contributed by atoms with Gasteiger partial charge in [0.2, 0.25) is 0 Å². The zero-order valence-electron chi connectivity index (χ0n) is 17.3. The summed E-state index contributed by atoms with van der Waals surface area (Å²) in [5, 5.41) is 0. The Kier molecular flexibility index (Phi) is 6.89. The van der Waals surface area contributed by atoms with Crippen LogP contribution in [0.15, 0.2) is 96.6 Å². The predicted molar refractivity (Wildman–Crippen MR) is 125 cm³/mol. The highest BCUT2D eigenvalue weighted by molar-refractivity contribution is 5.82. The second-order valence-corrected chi connectivity index (χ2v) is 7.79. The Labute approximate surface area is 179 Å². The van der Waals surface area contributed by atoms with Crippen molar-refractivity contribution in [3.05, 3.63) is 119 Å². The summed E-state index contributed by atoms with van der Waals surface area (Å²) in [5.41, 5.74) is 6.65. The van der Waals surface area contributed by atoms with Crippen molar-refractivity contribution in [2.45, 2.75) is 19.3 Å². The minimum Gasteiger partial charge on any atom is -0.302 e. The van der Waals surface area contributed by atoms with Crippen molar-refractivity contribution in [2.75, 3.05) is 19.6 Å². The molecule has 0 amide bonds. The molecule has 1 nitrogen and oxygen atoms in total. The number of rotatable bonds is 6. The number of benzene rings is 3. The molecule has 30 heavy (non-hydrogen) atoms. The summed E-state index contributed by atoms with van der Waals surface area (Å²) in [5.74, 6) is -0.185. The van der Waals surface area contributed by atoms with Crippen LogP contribution in [0.4, 0.5) is 4.39 Å². The van der Waals surface area contributed by atoms with E-state index in [0.717, 1.165) is 44.5 Å². The van der Waals surface area contributed by atoms with E-state index in [0.29, 0.717) is 0 Å². The van der Waals surface area contributed by atoms with Crippen molar-refractivity contribution in [2.24, 2.45) is 0 Å². The molecule has 0 saturated carbocycles. The molecule has 0 atom stereocenters. The van der Waals surface area contributed by atoms with Crippen molar-refractivity contribution >= 4 is 11.6 Å². The van der Waals surface area contributed by atoms with Crippen LogP contribution in [0.25, 0.3) is 11.6 Å². The highest BCUT2D eigenvalue weighted by Crippen LogP contribution is 2.32. The van der Waals surface area contributed by atoms with Crippen LogP contribution in [0.2, 0.25) is 0 Å². The summed E-state index contributed by atoms with van der Waals surface area (Å²) in [7, 11) is 0. The maximum Gasteiger partial charge on any atom is 0.123 e. The monoisotopic (exact) mass is 397 g/mol. The molecule has 152 valence electrons. The molecule has 0 spiro atoms. The molecule has 0 bridgehead atoms. The highest BCUT2D eigenvalue weighted by atomic mass is 19.1. The van der Waals surface area contributed by atoms with E-state index in [1.165, 1.54) is 28.8 Å². The Balaban J connectivity index is 1.39. The lowest BCUT2D eigenvalue weighted by Gasteiger charge is -2.30. The molecule has 1 aliphatic rings. The average Bonchev–Trinajstić information content (AvgIpc) is 2.80. The summed E-state index contributed by atoms with van der Waals surface area (Å²) >= 11 is 0. The van der Waals surface area contributed by atoms with Gasteiger partial charge in [-0.25, -0.2) is 4.39 Å². The van der Waals surface area contributed by atoms with Gasteiger partial charge in [0, 0.05) is 19.6 Å². The molecule has 1 heterocycles. The molecule has 1 fully saturated rings. The van der Waals surface area contributed by atoms with Crippen LogP contribution >= 0.6 is 0 Å². The maximum absolute atomic E-state index is 13.0. The quantitative estimate of drug-likeness (QED) is 0.441. The fourth-order valence-corrected chi connectivity index (χ4v) is 4.13. The van der Waals surface area contributed by atoms with E-state index < -0.39 is 0 Å². The first-order valence-corrected chi connectivity index (χ1v) is 10.8. The van der Waals surface area contributed by atoms with Crippen LogP contribution in [0, 0.1) is 5.82 Å². The second-order valence-electron chi connectivity index (χ2n) is 7.79. The van der Waals surface area contributed by atoms with E-state index in [9.17, 15) is 4.39 Å². The van der Waals surface area contributed by atoms with E-state index in [2.05, 4.69) is 77.7 Å². The SMILES string of the molecule is Fc1ccc(/C=C/CCN2CCC(=C(c3ccccc3)c3ccccc3)CC2)cc1. The minimum absolute atomic E-state index is 0.185. The number of halogens is 1. The Morgan fingerprint density at radius 2 is 1.33 bits per heavy atom. The molecule has 0 aliphatic carbocycles. The third-order valence-corrected chi connectivity index (χ3v) is 5.73. The molecule has 0 aromatic heterocycles. The van der Waals surface area contributed by atoms with E-state index in [-0.39, 0.29) is 5.82 Å². The average molecular weight is 398 g/mol. The van der Waals surface area contributed by atoms with Crippen LogP contribution in [0.5, 0.6) is 0 Å². The predicted octanol–water partition coefficient (Wildman–Crippen LogP) is 6.83. The van der Waals surface area contributed by atoms with Gasteiger partial charge in [-0.15, -0.1) is 0 Å². The third-order valence-electron chi connectivity index (χ3n) is 5.73. The Morgan fingerprint density at radius 1 is 0.767 bits per heavy atom. The van der Waals surface area contributed by atoms with Crippen LogP contribution in [-0.4, -0.2) is 24.5 Å². The van der Waals surface area contributed by atoms with Crippen molar-refractivity contribution in [3.63, 3.8) is 0 Å². The van der Waals surface area contributed by atoms with Gasteiger partial charge in [0.05, 0.1) is 0 Å². The van der Waals surface area contributed by atoms with Crippen molar-refractivity contribution in [1.29, 1.82) is 0 Å². The number of piperidine rings is 1. The molecule has 0 radical (unpaired) electrons. The second kappa shape index (κ2) is 10.2. The molecular formula is C28H28FN. The first-order valence-electron chi connectivity index (χ1n) is 10.8. The van der Waals surface area contributed by atoms with Gasteiger partial charge in [0.15, 0.2) is 0 Å². The lowest BCUT2D eigenvalue weighted by atomic mass is 9.88. The van der Waals surface area contributed by atoms with E-state index in [4.69, 9.17) is 0 Å². The smallest absolute Gasteiger partial charge is 0.123 e.